The molecule has 278 valence electrons. The Morgan fingerprint density at radius 1 is 0.396 bits per heavy atom. The fourth-order valence-electron chi connectivity index (χ4n) is 6.48. The summed E-state index contributed by atoms with van der Waals surface area (Å²) in [6.07, 6.45) is 27.1. The van der Waals surface area contributed by atoms with Crippen molar-refractivity contribution in [2.45, 2.75) is 156 Å². The third-order valence-corrected chi connectivity index (χ3v) is 10.1. The smallest absolute Gasteiger partial charge is 0.253 e. The van der Waals surface area contributed by atoms with Crippen molar-refractivity contribution in [2.24, 2.45) is 0 Å². The van der Waals surface area contributed by atoms with Crippen molar-refractivity contribution < 1.29 is 9.59 Å². The van der Waals surface area contributed by atoms with Crippen molar-refractivity contribution in [1.82, 2.24) is 19.6 Å². The monoisotopic (exact) mass is 671 g/mol. The zero-order valence-electron chi connectivity index (χ0n) is 32.7. The first-order chi connectivity index (χ1) is 23.4. The van der Waals surface area contributed by atoms with Crippen LogP contribution in [0.5, 0.6) is 0 Å². The summed E-state index contributed by atoms with van der Waals surface area (Å²) < 4.78 is 0. The lowest BCUT2D eigenvalue weighted by molar-refractivity contribution is 0.0767. The molecule has 1 aromatic carbocycles. The average Bonchev–Trinajstić information content (AvgIpc) is 3.11. The Kier molecular flexibility index (Phi) is 27.5. The van der Waals surface area contributed by atoms with Crippen LogP contribution >= 0.6 is 0 Å². The molecule has 0 N–H and O–H groups in total. The van der Waals surface area contributed by atoms with Crippen molar-refractivity contribution in [3.05, 3.63) is 35.4 Å². The van der Waals surface area contributed by atoms with Crippen molar-refractivity contribution >= 4 is 11.8 Å². The zero-order valence-corrected chi connectivity index (χ0v) is 32.7. The Bertz CT molecular complexity index is 832. The van der Waals surface area contributed by atoms with E-state index < -0.39 is 0 Å². The Morgan fingerprint density at radius 2 is 0.667 bits per heavy atom. The van der Waals surface area contributed by atoms with E-state index >= 15 is 0 Å². The number of carbonyl (C=O) groups is 2. The minimum absolute atomic E-state index is 0.0166. The van der Waals surface area contributed by atoms with Crippen LogP contribution in [0.1, 0.15) is 177 Å². The van der Waals surface area contributed by atoms with Crippen LogP contribution in [0, 0.1) is 0 Å². The molecule has 0 spiro atoms. The van der Waals surface area contributed by atoms with E-state index in [1.54, 1.807) is 0 Å². The van der Waals surface area contributed by atoms with E-state index in [0.29, 0.717) is 24.2 Å². The fraction of sp³-hybridized carbons (Fsp3) is 0.810. The minimum Gasteiger partial charge on any atom is -0.340 e. The highest BCUT2D eigenvalue weighted by Gasteiger charge is 2.16. The molecule has 1 aromatic rings. The van der Waals surface area contributed by atoms with Gasteiger partial charge in [-0.15, -0.1) is 0 Å². The summed E-state index contributed by atoms with van der Waals surface area (Å²) in [5.74, 6) is 0.0332. The normalized spacial score (nSPS) is 11.5. The van der Waals surface area contributed by atoms with Gasteiger partial charge in [0.1, 0.15) is 0 Å². The molecule has 0 aliphatic carbocycles. The zero-order chi connectivity index (χ0) is 35.2. The third kappa shape index (κ3) is 21.2. The van der Waals surface area contributed by atoms with E-state index in [1.165, 1.54) is 128 Å². The molecule has 0 unspecified atom stereocenters. The Morgan fingerprint density at radius 3 is 0.938 bits per heavy atom. The highest BCUT2D eigenvalue weighted by atomic mass is 16.2. The first kappa shape index (κ1) is 44.1. The second-order valence-corrected chi connectivity index (χ2v) is 14.3. The van der Waals surface area contributed by atoms with Gasteiger partial charge in [0.2, 0.25) is 0 Å². The van der Waals surface area contributed by atoms with Crippen LogP contribution in [0.3, 0.4) is 0 Å². The third-order valence-electron chi connectivity index (χ3n) is 10.1. The van der Waals surface area contributed by atoms with Crippen LogP contribution in [-0.4, -0.2) is 97.9 Å². The van der Waals surface area contributed by atoms with Gasteiger partial charge in [0.25, 0.3) is 11.8 Å². The molecule has 0 aliphatic heterocycles. The number of nitrogens with zero attached hydrogens (tertiary/aromatic N) is 4. The van der Waals surface area contributed by atoms with Crippen LogP contribution in [0.25, 0.3) is 0 Å². The summed E-state index contributed by atoms with van der Waals surface area (Å²) in [7, 11) is 3.78. The molecule has 1 rings (SSSR count). The second-order valence-electron chi connectivity index (χ2n) is 14.3. The van der Waals surface area contributed by atoms with Gasteiger partial charge in [-0.05, 0) is 63.3 Å². The summed E-state index contributed by atoms with van der Waals surface area (Å²) in [5, 5.41) is 0. The van der Waals surface area contributed by atoms with E-state index in [9.17, 15) is 9.59 Å². The minimum atomic E-state index is 0.0166. The van der Waals surface area contributed by atoms with Gasteiger partial charge in [0.15, 0.2) is 0 Å². The van der Waals surface area contributed by atoms with Crippen molar-refractivity contribution in [2.75, 3.05) is 66.5 Å². The summed E-state index contributed by atoms with van der Waals surface area (Å²) in [5.41, 5.74) is 1.28. The van der Waals surface area contributed by atoms with Crippen LogP contribution in [0.2, 0.25) is 0 Å². The lowest BCUT2D eigenvalue weighted by Gasteiger charge is -2.25. The Balaban J connectivity index is 2.31. The highest BCUT2D eigenvalue weighted by Crippen LogP contribution is 2.13. The first-order valence-electron chi connectivity index (χ1n) is 20.4. The molecular weight excluding hydrogens is 592 g/mol. The van der Waals surface area contributed by atoms with Crippen molar-refractivity contribution in [3.63, 3.8) is 0 Å². The van der Waals surface area contributed by atoms with Gasteiger partial charge in [-0.1, -0.05) is 143 Å². The number of carbonyl (C=O) groups excluding carboxylic acids is 2. The number of amides is 2. The first-order valence-corrected chi connectivity index (χ1v) is 20.4. The van der Waals surface area contributed by atoms with E-state index in [2.05, 4.69) is 37.5 Å². The Hall–Kier alpha value is -1.92. The summed E-state index contributed by atoms with van der Waals surface area (Å²) in [6, 6.07) is 7.24. The number of unbranched alkanes of at least 4 members (excludes halogenated alkanes) is 18. The van der Waals surface area contributed by atoms with Gasteiger partial charge in [0, 0.05) is 51.4 Å². The standard InChI is InChI=1S/C42H78N4O2/c1-7-11-13-15-17-19-21-23-25-27-33-45(9-3)37-35-43(5)41(47)39-29-31-40(32-30-39)42(48)44(6)36-38-46(10-4)34-28-26-24-22-20-18-16-14-12-8-2/h29-32H,7-28,33-38H2,1-6H3. The molecule has 0 saturated heterocycles. The molecule has 6 heteroatoms. The molecular formula is C42H78N4O2. The van der Waals surface area contributed by atoms with Crippen LogP contribution in [-0.2, 0) is 0 Å². The van der Waals surface area contributed by atoms with Crippen LogP contribution < -0.4 is 0 Å². The Labute approximate surface area is 298 Å². The number of hydrogen-bond acceptors (Lipinski definition) is 4. The number of rotatable bonds is 32. The molecule has 0 fully saturated rings. The van der Waals surface area contributed by atoms with Gasteiger partial charge < -0.3 is 19.6 Å². The predicted octanol–water partition coefficient (Wildman–Crippen LogP) is 10.3. The molecule has 0 bridgehead atoms. The largest absolute Gasteiger partial charge is 0.340 e. The van der Waals surface area contributed by atoms with Gasteiger partial charge >= 0.3 is 0 Å². The quantitative estimate of drug-likeness (QED) is 0.0716. The van der Waals surface area contributed by atoms with E-state index in [1.807, 2.05) is 48.2 Å². The van der Waals surface area contributed by atoms with Gasteiger partial charge in [0.05, 0.1) is 0 Å². The number of hydrogen-bond donors (Lipinski definition) is 0. The summed E-state index contributed by atoms with van der Waals surface area (Å²) >= 11 is 0. The van der Waals surface area contributed by atoms with Crippen LogP contribution in [0.4, 0.5) is 0 Å². The molecule has 0 saturated carbocycles. The second kappa shape index (κ2) is 29.9. The van der Waals surface area contributed by atoms with E-state index in [-0.39, 0.29) is 11.8 Å². The molecule has 0 aromatic heterocycles. The molecule has 2 amide bonds. The number of benzene rings is 1. The van der Waals surface area contributed by atoms with E-state index in [4.69, 9.17) is 0 Å². The molecule has 6 nitrogen and oxygen atoms in total. The maximum Gasteiger partial charge on any atom is 0.253 e. The van der Waals surface area contributed by atoms with E-state index in [0.717, 1.165) is 39.3 Å². The molecule has 0 aliphatic rings. The maximum atomic E-state index is 13.1. The maximum absolute atomic E-state index is 13.1. The molecule has 48 heavy (non-hydrogen) atoms. The SMILES string of the molecule is CCCCCCCCCCCCN(CC)CCN(C)C(=O)c1ccc(C(=O)N(C)CCN(CC)CCCCCCCCCCCC)cc1. The van der Waals surface area contributed by atoms with Gasteiger partial charge in [-0.3, -0.25) is 9.59 Å². The lowest BCUT2D eigenvalue weighted by atomic mass is 10.1. The summed E-state index contributed by atoms with van der Waals surface area (Å²) in [4.78, 5) is 34.8. The molecule has 0 heterocycles. The average molecular weight is 671 g/mol. The summed E-state index contributed by atoms with van der Waals surface area (Å²) in [6.45, 7) is 16.4. The molecule has 0 radical (unpaired) electrons. The fourth-order valence-corrected chi connectivity index (χ4v) is 6.48. The van der Waals surface area contributed by atoms with Crippen molar-refractivity contribution in [1.29, 1.82) is 0 Å². The van der Waals surface area contributed by atoms with Crippen molar-refractivity contribution in [3.8, 4) is 0 Å². The molecule has 0 atom stereocenters. The topological polar surface area (TPSA) is 47.1 Å². The van der Waals surface area contributed by atoms with Gasteiger partial charge in [-0.2, -0.15) is 0 Å². The predicted molar refractivity (Wildman–Crippen MR) is 208 cm³/mol. The van der Waals surface area contributed by atoms with Gasteiger partial charge in [-0.25, -0.2) is 0 Å². The highest BCUT2D eigenvalue weighted by molar-refractivity contribution is 5.97. The van der Waals surface area contributed by atoms with Crippen LogP contribution in [0.15, 0.2) is 24.3 Å². The number of likely N-dealkylation sites (N-methyl/N-ethyl adjacent to an activating group) is 4. The lowest BCUT2D eigenvalue weighted by Crippen LogP contribution is -2.37.